The van der Waals surface area contributed by atoms with E-state index >= 15 is 0 Å². The van der Waals surface area contributed by atoms with Crippen molar-refractivity contribution in [2.75, 3.05) is 23.8 Å². The van der Waals surface area contributed by atoms with Crippen LogP contribution in [-0.4, -0.2) is 30.9 Å². The molecule has 3 aromatic carbocycles. The molecule has 164 valence electrons. The Kier molecular flexibility index (Phi) is 7.59. The van der Waals surface area contributed by atoms with Gasteiger partial charge in [-0.3, -0.25) is 9.59 Å². The monoisotopic (exact) mass is 431 g/mol. The summed E-state index contributed by atoms with van der Waals surface area (Å²) in [6.07, 6.45) is 0. The SMILES string of the molecule is Cc1cccc(C)c1NC(=O)CNC(=O)COC(=O)c1ccccc1Nc1ccccc1. The molecule has 0 aliphatic carbocycles. The van der Waals surface area contributed by atoms with Crippen LogP contribution < -0.4 is 16.0 Å². The second-order valence-corrected chi connectivity index (χ2v) is 7.20. The minimum Gasteiger partial charge on any atom is -0.452 e. The molecule has 7 heteroatoms. The number of nitrogens with one attached hydrogen (secondary N) is 3. The van der Waals surface area contributed by atoms with Crippen molar-refractivity contribution >= 4 is 34.8 Å². The lowest BCUT2D eigenvalue weighted by atomic mass is 10.1. The number of para-hydroxylation sites is 3. The van der Waals surface area contributed by atoms with Crippen LogP contribution in [0.2, 0.25) is 0 Å². The van der Waals surface area contributed by atoms with Crippen LogP contribution in [-0.2, 0) is 14.3 Å². The average molecular weight is 431 g/mol. The van der Waals surface area contributed by atoms with Crippen molar-refractivity contribution in [2.45, 2.75) is 13.8 Å². The van der Waals surface area contributed by atoms with Gasteiger partial charge in [0.25, 0.3) is 5.91 Å². The molecule has 0 bridgehead atoms. The summed E-state index contributed by atoms with van der Waals surface area (Å²) < 4.78 is 5.13. The molecule has 32 heavy (non-hydrogen) atoms. The minimum atomic E-state index is -0.640. The van der Waals surface area contributed by atoms with E-state index in [4.69, 9.17) is 4.74 Å². The van der Waals surface area contributed by atoms with Crippen LogP contribution in [0.4, 0.5) is 17.1 Å². The Bertz CT molecular complexity index is 1090. The first-order chi connectivity index (χ1) is 15.4. The van der Waals surface area contributed by atoms with Gasteiger partial charge in [0.05, 0.1) is 17.8 Å². The molecular formula is C25H25N3O4. The number of anilines is 3. The Morgan fingerprint density at radius 2 is 1.44 bits per heavy atom. The molecule has 3 aromatic rings. The van der Waals surface area contributed by atoms with Crippen molar-refractivity contribution in [3.8, 4) is 0 Å². The van der Waals surface area contributed by atoms with Gasteiger partial charge in [-0.05, 0) is 49.2 Å². The van der Waals surface area contributed by atoms with E-state index in [0.717, 1.165) is 22.5 Å². The van der Waals surface area contributed by atoms with Crippen LogP contribution in [0.1, 0.15) is 21.5 Å². The van der Waals surface area contributed by atoms with E-state index in [9.17, 15) is 14.4 Å². The van der Waals surface area contributed by atoms with Gasteiger partial charge in [0.15, 0.2) is 6.61 Å². The number of hydrogen-bond acceptors (Lipinski definition) is 5. The second-order valence-electron chi connectivity index (χ2n) is 7.20. The first kappa shape index (κ1) is 22.6. The summed E-state index contributed by atoms with van der Waals surface area (Å²) >= 11 is 0. The molecule has 0 radical (unpaired) electrons. The second kappa shape index (κ2) is 10.8. The van der Waals surface area contributed by atoms with E-state index in [2.05, 4.69) is 16.0 Å². The van der Waals surface area contributed by atoms with E-state index in [0.29, 0.717) is 11.3 Å². The van der Waals surface area contributed by atoms with Gasteiger partial charge in [-0.1, -0.05) is 48.5 Å². The standard InChI is InChI=1S/C25H25N3O4/c1-17-9-8-10-18(2)24(17)28-22(29)15-26-23(30)16-32-25(31)20-13-6-7-14-21(20)27-19-11-4-3-5-12-19/h3-14,27H,15-16H2,1-2H3,(H,26,30)(H,28,29). The smallest absolute Gasteiger partial charge is 0.340 e. The summed E-state index contributed by atoms with van der Waals surface area (Å²) in [4.78, 5) is 36.7. The maximum Gasteiger partial charge on any atom is 0.340 e. The van der Waals surface area contributed by atoms with E-state index < -0.39 is 18.5 Å². The summed E-state index contributed by atoms with van der Waals surface area (Å²) in [6, 6.07) is 22.0. The average Bonchev–Trinajstić information content (AvgIpc) is 2.79. The third-order valence-corrected chi connectivity index (χ3v) is 4.73. The van der Waals surface area contributed by atoms with Crippen LogP contribution in [0.3, 0.4) is 0 Å². The number of hydrogen-bond donors (Lipinski definition) is 3. The zero-order valence-electron chi connectivity index (χ0n) is 18.0. The quantitative estimate of drug-likeness (QED) is 0.469. The van der Waals surface area contributed by atoms with E-state index in [1.165, 1.54) is 0 Å². The fourth-order valence-electron chi connectivity index (χ4n) is 3.08. The highest BCUT2D eigenvalue weighted by Gasteiger charge is 2.15. The number of benzene rings is 3. The van der Waals surface area contributed by atoms with Crippen LogP contribution in [0.15, 0.2) is 72.8 Å². The van der Waals surface area contributed by atoms with Crippen LogP contribution >= 0.6 is 0 Å². The molecule has 3 N–H and O–H groups in total. The molecule has 0 fully saturated rings. The van der Waals surface area contributed by atoms with Crippen molar-refractivity contribution in [1.29, 1.82) is 0 Å². The van der Waals surface area contributed by atoms with Gasteiger partial charge in [0, 0.05) is 11.4 Å². The lowest BCUT2D eigenvalue weighted by Gasteiger charge is -2.13. The van der Waals surface area contributed by atoms with Gasteiger partial charge in [0.2, 0.25) is 5.91 Å². The highest BCUT2D eigenvalue weighted by molar-refractivity contribution is 5.98. The molecule has 0 atom stereocenters. The first-order valence-corrected chi connectivity index (χ1v) is 10.1. The number of carbonyl (C=O) groups excluding carboxylic acids is 3. The van der Waals surface area contributed by atoms with Crippen molar-refractivity contribution in [3.63, 3.8) is 0 Å². The number of amides is 2. The van der Waals surface area contributed by atoms with Crippen LogP contribution in [0, 0.1) is 13.8 Å². The van der Waals surface area contributed by atoms with Crippen molar-refractivity contribution in [1.82, 2.24) is 5.32 Å². The lowest BCUT2D eigenvalue weighted by Crippen LogP contribution is -2.35. The molecule has 0 heterocycles. The molecule has 0 aliphatic rings. The third-order valence-electron chi connectivity index (χ3n) is 4.73. The van der Waals surface area contributed by atoms with Crippen molar-refractivity contribution in [2.24, 2.45) is 0 Å². The molecule has 2 amide bonds. The van der Waals surface area contributed by atoms with Gasteiger partial charge in [-0.2, -0.15) is 0 Å². The van der Waals surface area contributed by atoms with E-state index in [-0.39, 0.29) is 12.5 Å². The van der Waals surface area contributed by atoms with Crippen molar-refractivity contribution < 1.29 is 19.1 Å². The predicted molar refractivity (Wildman–Crippen MR) is 124 cm³/mol. The summed E-state index contributed by atoms with van der Waals surface area (Å²) in [7, 11) is 0. The fourth-order valence-corrected chi connectivity index (χ4v) is 3.08. The van der Waals surface area contributed by atoms with Gasteiger partial charge < -0.3 is 20.7 Å². The van der Waals surface area contributed by atoms with Crippen LogP contribution in [0.5, 0.6) is 0 Å². The Morgan fingerprint density at radius 1 is 0.781 bits per heavy atom. The summed E-state index contributed by atoms with van der Waals surface area (Å²) in [5, 5.41) is 8.40. The molecule has 0 spiro atoms. The molecule has 7 nitrogen and oxygen atoms in total. The van der Waals surface area contributed by atoms with Crippen LogP contribution in [0.25, 0.3) is 0 Å². The molecule has 3 rings (SSSR count). The zero-order valence-corrected chi connectivity index (χ0v) is 18.0. The van der Waals surface area contributed by atoms with Gasteiger partial charge >= 0.3 is 5.97 Å². The largest absolute Gasteiger partial charge is 0.452 e. The first-order valence-electron chi connectivity index (χ1n) is 10.1. The van der Waals surface area contributed by atoms with Crippen molar-refractivity contribution in [3.05, 3.63) is 89.5 Å². The fraction of sp³-hybridized carbons (Fsp3) is 0.160. The number of carbonyl (C=O) groups is 3. The number of rotatable bonds is 8. The summed E-state index contributed by atoms with van der Waals surface area (Å²) in [6.45, 7) is 3.07. The van der Waals surface area contributed by atoms with Gasteiger partial charge in [-0.25, -0.2) is 4.79 Å². The Morgan fingerprint density at radius 3 is 2.16 bits per heavy atom. The van der Waals surface area contributed by atoms with E-state index in [1.54, 1.807) is 24.3 Å². The topological polar surface area (TPSA) is 96.5 Å². The zero-order chi connectivity index (χ0) is 22.9. The van der Waals surface area contributed by atoms with E-state index in [1.807, 2.05) is 62.4 Å². The number of esters is 1. The maximum absolute atomic E-state index is 12.5. The normalized spacial score (nSPS) is 10.2. The number of aryl methyl sites for hydroxylation is 2. The predicted octanol–water partition coefficient (Wildman–Crippen LogP) is 3.96. The lowest BCUT2D eigenvalue weighted by molar-refractivity contribution is -0.126. The molecule has 0 unspecified atom stereocenters. The Balaban J connectivity index is 1.50. The summed E-state index contributed by atoms with van der Waals surface area (Å²) in [5.41, 5.74) is 4.28. The molecule has 0 saturated heterocycles. The highest BCUT2D eigenvalue weighted by Crippen LogP contribution is 2.21. The van der Waals surface area contributed by atoms with Gasteiger partial charge in [0.1, 0.15) is 0 Å². The molecular weight excluding hydrogens is 406 g/mol. The molecule has 0 aromatic heterocycles. The summed E-state index contributed by atoms with van der Waals surface area (Å²) in [5.74, 6) is -1.57. The van der Waals surface area contributed by atoms with Gasteiger partial charge in [-0.15, -0.1) is 0 Å². The highest BCUT2D eigenvalue weighted by atomic mass is 16.5. The Hall–Kier alpha value is -4.13. The molecule has 0 aliphatic heterocycles. The third kappa shape index (κ3) is 6.18. The molecule has 0 saturated carbocycles. The minimum absolute atomic E-state index is 0.226. The number of ether oxygens (including phenoxy) is 1. The maximum atomic E-state index is 12.5. The Labute approximate surface area is 186 Å².